The molecule has 2 amide bonds. The Hall–Kier alpha value is -2.37. The average molecular weight is 361 g/mol. The minimum absolute atomic E-state index is 0.150. The molecule has 0 radical (unpaired) electrons. The zero-order chi connectivity index (χ0) is 18.2. The fourth-order valence-electron chi connectivity index (χ4n) is 2.29. The fourth-order valence-corrected chi connectivity index (χ4v) is 2.55. The van der Waals surface area contributed by atoms with Gasteiger partial charge >= 0.3 is 11.8 Å². The van der Waals surface area contributed by atoms with Crippen molar-refractivity contribution in [3.8, 4) is 0 Å². The largest absolute Gasteiger partial charge is 0.375 e. The maximum absolute atomic E-state index is 11.9. The standard InChI is InChI=1S/C19H21ClN2O3/c1-13-7-9-14(10-8-13)11-21-18(23)19(24)22-12-17(25-2)15-5-3-4-6-16(15)20/h3-10,17H,11-12H2,1-2H3,(H,21,23)(H,22,24). The lowest BCUT2D eigenvalue weighted by atomic mass is 10.1. The zero-order valence-corrected chi connectivity index (χ0v) is 15.0. The molecule has 0 aliphatic carbocycles. The minimum atomic E-state index is -0.707. The number of halogens is 1. The van der Waals surface area contributed by atoms with Crippen molar-refractivity contribution in [2.75, 3.05) is 13.7 Å². The molecule has 5 nitrogen and oxygen atoms in total. The van der Waals surface area contributed by atoms with E-state index in [9.17, 15) is 9.59 Å². The van der Waals surface area contributed by atoms with E-state index in [0.717, 1.165) is 16.7 Å². The molecule has 0 saturated heterocycles. The normalized spacial score (nSPS) is 11.6. The lowest BCUT2D eigenvalue weighted by Gasteiger charge is -2.17. The lowest BCUT2D eigenvalue weighted by molar-refractivity contribution is -0.139. The van der Waals surface area contributed by atoms with Crippen LogP contribution in [0.25, 0.3) is 0 Å². The first-order valence-corrected chi connectivity index (χ1v) is 8.28. The first kappa shape index (κ1) is 19.0. The van der Waals surface area contributed by atoms with Crippen LogP contribution in [0.1, 0.15) is 22.8 Å². The Kier molecular flexibility index (Phi) is 6.98. The van der Waals surface area contributed by atoms with Gasteiger partial charge in [-0.2, -0.15) is 0 Å². The van der Waals surface area contributed by atoms with E-state index in [-0.39, 0.29) is 6.54 Å². The van der Waals surface area contributed by atoms with Crippen molar-refractivity contribution in [1.29, 1.82) is 0 Å². The van der Waals surface area contributed by atoms with Gasteiger partial charge in [-0.05, 0) is 18.6 Å². The van der Waals surface area contributed by atoms with Crippen molar-refractivity contribution in [1.82, 2.24) is 10.6 Å². The van der Waals surface area contributed by atoms with Crippen LogP contribution in [0, 0.1) is 6.92 Å². The molecule has 0 spiro atoms. The second-order valence-electron chi connectivity index (χ2n) is 5.62. The van der Waals surface area contributed by atoms with Crippen LogP contribution in [0.15, 0.2) is 48.5 Å². The number of hydrogen-bond acceptors (Lipinski definition) is 3. The van der Waals surface area contributed by atoms with Crippen LogP contribution in [0.2, 0.25) is 5.02 Å². The van der Waals surface area contributed by atoms with Gasteiger partial charge in [0.2, 0.25) is 0 Å². The highest BCUT2D eigenvalue weighted by Crippen LogP contribution is 2.24. The van der Waals surface area contributed by atoms with Gasteiger partial charge in [0.1, 0.15) is 6.10 Å². The molecule has 132 valence electrons. The molecule has 2 aromatic carbocycles. The second kappa shape index (κ2) is 9.20. The zero-order valence-electron chi connectivity index (χ0n) is 14.2. The number of benzene rings is 2. The van der Waals surface area contributed by atoms with Gasteiger partial charge in [0, 0.05) is 30.8 Å². The van der Waals surface area contributed by atoms with Gasteiger partial charge in [0.05, 0.1) is 0 Å². The van der Waals surface area contributed by atoms with Gasteiger partial charge in [0.15, 0.2) is 0 Å². The SMILES string of the molecule is COC(CNC(=O)C(=O)NCc1ccc(C)cc1)c1ccccc1Cl. The highest BCUT2D eigenvalue weighted by molar-refractivity contribution is 6.35. The van der Waals surface area contributed by atoms with E-state index in [1.807, 2.05) is 49.4 Å². The van der Waals surface area contributed by atoms with Crippen LogP contribution in [-0.4, -0.2) is 25.5 Å². The molecular weight excluding hydrogens is 340 g/mol. The second-order valence-corrected chi connectivity index (χ2v) is 6.03. The van der Waals surface area contributed by atoms with Crippen LogP contribution in [0.5, 0.6) is 0 Å². The summed E-state index contributed by atoms with van der Waals surface area (Å²) in [7, 11) is 1.53. The van der Waals surface area contributed by atoms with Crippen molar-refractivity contribution in [2.24, 2.45) is 0 Å². The average Bonchev–Trinajstić information content (AvgIpc) is 2.62. The van der Waals surface area contributed by atoms with Crippen LogP contribution in [0.4, 0.5) is 0 Å². The van der Waals surface area contributed by atoms with Crippen LogP contribution >= 0.6 is 11.6 Å². The Morgan fingerprint density at radius 3 is 2.32 bits per heavy atom. The van der Waals surface area contributed by atoms with Crippen LogP contribution in [0.3, 0.4) is 0 Å². The molecule has 0 aliphatic heterocycles. The molecule has 2 aromatic rings. The molecule has 0 heterocycles. The van der Waals surface area contributed by atoms with Crippen molar-refractivity contribution < 1.29 is 14.3 Å². The topological polar surface area (TPSA) is 67.4 Å². The number of aryl methyl sites for hydroxylation is 1. The Balaban J connectivity index is 1.85. The van der Waals surface area contributed by atoms with Crippen LogP contribution < -0.4 is 10.6 Å². The Bertz CT molecular complexity index is 732. The molecule has 25 heavy (non-hydrogen) atoms. The van der Waals surface area contributed by atoms with E-state index in [0.29, 0.717) is 11.6 Å². The molecule has 0 fully saturated rings. The van der Waals surface area contributed by atoms with E-state index in [4.69, 9.17) is 16.3 Å². The quantitative estimate of drug-likeness (QED) is 0.778. The smallest absolute Gasteiger partial charge is 0.309 e. The van der Waals surface area contributed by atoms with Gasteiger partial charge in [0.25, 0.3) is 0 Å². The number of hydrogen-bond donors (Lipinski definition) is 2. The number of rotatable bonds is 6. The molecule has 2 N–H and O–H groups in total. The Morgan fingerprint density at radius 2 is 1.68 bits per heavy atom. The first-order valence-electron chi connectivity index (χ1n) is 7.90. The van der Waals surface area contributed by atoms with E-state index < -0.39 is 17.9 Å². The molecular formula is C19H21ClN2O3. The molecule has 1 unspecified atom stereocenters. The Morgan fingerprint density at radius 1 is 1.04 bits per heavy atom. The summed E-state index contributed by atoms with van der Waals surface area (Å²) in [5, 5.41) is 5.71. The molecule has 6 heteroatoms. The van der Waals surface area contributed by atoms with Crippen molar-refractivity contribution in [3.63, 3.8) is 0 Å². The summed E-state index contributed by atoms with van der Waals surface area (Å²) in [4.78, 5) is 23.8. The fraction of sp³-hybridized carbons (Fsp3) is 0.263. The number of nitrogens with one attached hydrogen (secondary N) is 2. The number of methoxy groups -OCH3 is 1. The Labute approximate surface area is 152 Å². The molecule has 0 bridgehead atoms. The minimum Gasteiger partial charge on any atom is -0.375 e. The summed E-state index contributed by atoms with van der Waals surface area (Å²) in [6, 6.07) is 14.9. The maximum Gasteiger partial charge on any atom is 0.309 e. The van der Waals surface area contributed by atoms with E-state index in [2.05, 4.69) is 10.6 Å². The van der Waals surface area contributed by atoms with Crippen molar-refractivity contribution >= 4 is 23.4 Å². The van der Waals surface area contributed by atoms with Crippen molar-refractivity contribution in [3.05, 3.63) is 70.2 Å². The van der Waals surface area contributed by atoms with E-state index in [1.165, 1.54) is 7.11 Å². The van der Waals surface area contributed by atoms with Gasteiger partial charge in [-0.25, -0.2) is 0 Å². The predicted octanol–water partition coefficient (Wildman–Crippen LogP) is 2.77. The van der Waals surface area contributed by atoms with Gasteiger partial charge in [-0.15, -0.1) is 0 Å². The summed E-state index contributed by atoms with van der Waals surface area (Å²) in [6.07, 6.45) is -0.428. The first-order chi connectivity index (χ1) is 12.0. The number of amides is 2. The third kappa shape index (κ3) is 5.59. The molecule has 1 atom stereocenters. The van der Waals surface area contributed by atoms with Crippen molar-refractivity contribution in [2.45, 2.75) is 19.6 Å². The summed E-state index contributed by atoms with van der Waals surface area (Å²) in [5.74, 6) is -1.39. The summed E-state index contributed by atoms with van der Waals surface area (Å²) >= 11 is 6.13. The van der Waals surface area contributed by atoms with E-state index in [1.54, 1.807) is 6.07 Å². The highest BCUT2D eigenvalue weighted by Gasteiger charge is 2.18. The maximum atomic E-state index is 11.9. The number of carbonyl (C=O) groups is 2. The lowest BCUT2D eigenvalue weighted by Crippen LogP contribution is -2.41. The van der Waals surface area contributed by atoms with Gasteiger partial charge in [-0.1, -0.05) is 59.6 Å². The monoisotopic (exact) mass is 360 g/mol. The predicted molar refractivity (Wildman–Crippen MR) is 97.2 cm³/mol. The van der Waals surface area contributed by atoms with Crippen LogP contribution in [-0.2, 0) is 20.9 Å². The molecule has 2 rings (SSSR count). The summed E-state index contributed by atoms with van der Waals surface area (Å²) in [6.45, 7) is 2.43. The van der Waals surface area contributed by atoms with Gasteiger partial charge < -0.3 is 15.4 Å². The summed E-state index contributed by atoms with van der Waals surface area (Å²) < 4.78 is 5.36. The third-order valence-electron chi connectivity index (χ3n) is 3.76. The molecule has 0 aromatic heterocycles. The van der Waals surface area contributed by atoms with Gasteiger partial charge in [-0.3, -0.25) is 9.59 Å². The van der Waals surface area contributed by atoms with E-state index >= 15 is 0 Å². The number of carbonyl (C=O) groups excluding carboxylic acids is 2. The molecule has 0 aliphatic rings. The number of ether oxygens (including phenoxy) is 1. The third-order valence-corrected chi connectivity index (χ3v) is 4.11. The summed E-state index contributed by atoms with van der Waals surface area (Å²) in [5.41, 5.74) is 2.82. The highest BCUT2D eigenvalue weighted by atomic mass is 35.5. The molecule has 0 saturated carbocycles.